The molecule has 0 amide bonds. The summed E-state index contributed by atoms with van der Waals surface area (Å²) in [6.45, 7) is 2.30. The molecule has 1 aromatic carbocycles. The Kier molecular flexibility index (Phi) is 2.96. The molecular weight excluding hydrogens is 238 g/mol. The van der Waals surface area contributed by atoms with Gasteiger partial charge in [-0.3, -0.25) is 0 Å². The second-order valence-electron chi connectivity index (χ2n) is 5.37. The van der Waals surface area contributed by atoms with E-state index in [1.54, 1.807) is 0 Å². The molecule has 3 rings (SSSR count). The van der Waals surface area contributed by atoms with Crippen LogP contribution in [0.25, 0.3) is 0 Å². The number of hydrogen-bond acceptors (Lipinski definition) is 3. The number of furan rings is 1. The van der Waals surface area contributed by atoms with E-state index < -0.39 is 11.5 Å². The predicted octanol–water partition coefficient (Wildman–Crippen LogP) is 2.46. The summed E-state index contributed by atoms with van der Waals surface area (Å²) in [6, 6.07) is 12.0. The fourth-order valence-electron chi connectivity index (χ4n) is 3.20. The van der Waals surface area contributed by atoms with Crippen LogP contribution in [0.2, 0.25) is 0 Å². The normalized spacial score (nSPS) is 23.3. The van der Waals surface area contributed by atoms with Crippen LogP contribution in [-0.2, 0) is 11.8 Å². The highest BCUT2D eigenvalue weighted by atomic mass is 16.4. The molecule has 0 saturated carbocycles. The average molecular weight is 257 g/mol. The van der Waals surface area contributed by atoms with Crippen molar-refractivity contribution >= 4 is 0 Å². The van der Waals surface area contributed by atoms with Crippen LogP contribution in [0.3, 0.4) is 0 Å². The maximum atomic E-state index is 10.8. The van der Waals surface area contributed by atoms with Crippen molar-refractivity contribution in [1.29, 1.82) is 0 Å². The molecule has 3 N–H and O–H groups in total. The Labute approximate surface area is 113 Å². The van der Waals surface area contributed by atoms with Crippen molar-refractivity contribution < 1.29 is 9.52 Å². The molecule has 3 heteroatoms. The van der Waals surface area contributed by atoms with Crippen LogP contribution in [0.4, 0.5) is 0 Å². The highest BCUT2D eigenvalue weighted by Crippen LogP contribution is 2.46. The lowest BCUT2D eigenvalue weighted by molar-refractivity contribution is 0.0630. The maximum absolute atomic E-state index is 10.8. The minimum Gasteiger partial charge on any atom is -0.464 e. The molecule has 2 atom stereocenters. The molecule has 0 spiro atoms. The molecule has 2 unspecified atom stereocenters. The van der Waals surface area contributed by atoms with Crippen LogP contribution in [0, 0.1) is 6.92 Å². The molecule has 1 aliphatic carbocycles. The summed E-state index contributed by atoms with van der Waals surface area (Å²) >= 11 is 0. The van der Waals surface area contributed by atoms with E-state index in [1.165, 1.54) is 11.1 Å². The lowest BCUT2D eigenvalue weighted by atomic mass is 9.76. The number of fused-ring (bicyclic) bond motifs is 1. The molecular formula is C16H19NO2. The van der Waals surface area contributed by atoms with Crippen molar-refractivity contribution in [1.82, 2.24) is 0 Å². The first-order chi connectivity index (χ1) is 9.17. The van der Waals surface area contributed by atoms with Crippen LogP contribution in [-0.4, -0.2) is 11.7 Å². The van der Waals surface area contributed by atoms with Crippen LogP contribution in [0.1, 0.15) is 35.2 Å². The Morgan fingerprint density at radius 2 is 2.11 bits per heavy atom. The maximum Gasteiger partial charge on any atom is 0.133 e. The number of hydrogen-bond donors (Lipinski definition) is 2. The highest BCUT2D eigenvalue weighted by Gasteiger charge is 2.45. The zero-order valence-corrected chi connectivity index (χ0v) is 11.1. The monoisotopic (exact) mass is 257 g/mol. The molecule has 19 heavy (non-hydrogen) atoms. The van der Waals surface area contributed by atoms with Crippen molar-refractivity contribution in [2.75, 3.05) is 6.54 Å². The van der Waals surface area contributed by atoms with Gasteiger partial charge in [0.2, 0.25) is 0 Å². The van der Waals surface area contributed by atoms with E-state index in [0.29, 0.717) is 12.3 Å². The summed E-state index contributed by atoms with van der Waals surface area (Å²) in [4.78, 5) is 0. The number of rotatable bonds is 3. The fourth-order valence-corrected chi connectivity index (χ4v) is 3.20. The second-order valence-corrected chi connectivity index (χ2v) is 5.37. The smallest absolute Gasteiger partial charge is 0.133 e. The first-order valence-electron chi connectivity index (χ1n) is 6.70. The number of aryl methyl sites for hydroxylation is 2. The fraction of sp³-hybridized carbons (Fsp3) is 0.375. The third kappa shape index (κ3) is 1.81. The first-order valence-corrected chi connectivity index (χ1v) is 6.70. The van der Waals surface area contributed by atoms with Crippen LogP contribution in [0.15, 0.2) is 40.8 Å². The van der Waals surface area contributed by atoms with Gasteiger partial charge in [0.05, 0.1) is 0 Å². The van der Waals surface area contributed by atoms with Crippen molar-refractivity contribution in [3.63, 3.8) is 0 Å². The summed E-state index contributed by atoms with van der Waals surface area (Å²) in [5.74, 6) is 1.42. The van der Waals surface area contributed by atoms with Gasteiger partial charge in [0, 0.05) is 12.0 Å². The molecule has 0 saturated heterocycles. The van der Waals surface area contributed by atoms with Gasteiger partial charge in [-0.2, -0.15) is 0 Å². The van der Waals surface area contributed by atoms with Gasteiger partial charge >= 0.3 is 0 Å². The predicted molar refractivity (Wildman–Crippen MR) is 73.9 cm³/mol. The van der Waals surface area contributed by atoms with E-state index in [1.807, 2.05) is 31.2 Å². The number of aliphatic hydroxyl groups is 1. The largest absolute Gasteiger partial charge is 0.464 e. The molecule has 1 aromatic heterocycles. The van der Waals surface area contributed by atoms with Crippen LogP contribution >= 0.6 is 0 Å². The van der Waals surface area contributed by atoms with E-state index in [0.717, 1.165) is 18.6 Å². The average Bonchev–Trinajstić information content (AvgIpc) is 3.02. The molecule has 3 nitrogen and oxygen atoms in total. The standard InChI is InChI=1S/C16H19NO2/c1-11-6-7-14(19-11)15(18)16(10-17)9-8-12-4-2-3-5-13(12)16/h2-7,15,18H,8-10,17H2,1H3. The zero-order valence-electron chi connectivity index (χ0n) is 11.1. The van der Waals surface area contributed by atoms with Crippen LogP contribution in [0.5, 0.6) is 0 Å². The molecule has 0 fully saturated rings. The van der Waals surface area contributed by atoms with Crippen molar-refractivity contribution in [3.05, 3.63) is 59.0 Å². The lowest BCUT2D eigenvalue weighted by Crippen LogP contribution is -2.39. The molecule has 0 aliphatic heterocycles. The Morgan fingerprint density at radius 1 is 1.32 bits per heavy atom. The summed E-state index contributed by atoms with van der Waals surface area (Å²) < 4.78 is 5.59. The number of nitrogens with two attached hydrogens (primary N) is 1. The van der Waals surface area contributed by atoms with Crippen molar-refractivity contribution in [2.24, 2.45) is 5.73 Å². The Hall–Kier alpha value is -1.58. The number of aliphatic hydroxyl groups excluding tert-OH is 1. The topological polar surface area (TPSA) is 59.4 Å². The third-order valence-corrected chi connectivity index (χ3v) is 4.31. The Bertz CT molecular complexity index is 590. The van der Waals surface area contributed by atoms with Gasteiger partial charge in [-0.25, -0.2) is 0 Å². The highest BCUT2D eigenvalue weighted by molar-refractivity contribution is 5.42. The molecule has 1 aliphatic rings. The van der Waals surface area contributed by atoms with E-state index >= 15 is 0 Å². The van der Waals surface area contributed by atoms with E-state index in [2.05, 4.69) is 12.1 Å². The molecule has 100 valence electrons. The second kappa shape index (κ2) is 4.51. The summed E-state index contributed by atoms with van der Waals surface area (Å²) in [5.41, 5.74) is 8.06. The van der Waals surface area contributed by atoms with Crippen molar-refractivity contribution in [2.45, 2.75) is 31.3 Å². The van der Waals surface area contributed by atoms with E-state index in [-0.39, 0.29) is 0 Å². The summed E-state index contributed by atoms with van der Waals surface area (Å²) in [6.07, 6.45) is 1.14. The Balaban J connectivity index is 2.06. The van der Waals surface area contributed by atoms with E-state index in [9.17, 15) is 5.11 Å². The lowest BCUT2D eigenvalue weighted by Gasteiger charge is -2.33. The van der Waals surface area contributed by atoms with Gasteiger partial charge in [0.1, 0.15) is 17.6 Å². The quantitative estimate of drug-likeness (QED) is 0.888. The summed E-state index contributed by atoms with van der Waals surface area (Å²) in [7, 11) is 0. The first kappa shape index (κ1) is 12.5. The molecule has 0 bridgehead atoms. The van der Waals surface area contributed by atoms with E-state index in [4.69, 9.17) is 10.2 Å². The summed E-state index contributed by atoms with van der Waals surface area (Å²) in [5, 5.41) is 10.8. The van der Waals surface area contributed by atoms with Crippen LogP contribution < -0.4 is 5.73 Å². The van der Waals surface area contributed by atoms with Gasteiger partial charge in [-0.05, 0) is 43.0 Å². The van der Waals surface area contributed by atoms with Gasteiger partial charge in [-0.15, -0.1) is 0 Å². The van der Waals surface area contributed by atoms with Gasteiger partial charge in [0.15, 0.2) is 0 Å². The zero-order chi connectivity index (χ0) is 13.5. The molecule has 1 heterocycles. The van der Waals surface area contributed by atoms with Gasteiger partial charge in [0.25, 0.3) is 0 Å². The molecule has 0 radical (unpaired) electrons. The minimum absolute atomic E-state index is 0.416. The SMILES string of the molecule is Cc1ccc(C(O)C2(CN)CCc3ccccc32)o1. The Morgan fingerprint density at radius 3 is 2.79 bits per heavy atom. The van der Waals surface area contributed by atoms with Gasteiger partial charge < -0.3 is 15.3 Å². The minimum atomic E-state index is -0.685. The van der Waals surface area contributed by atoms with Gasteiger partial charge in [-0.1, -0.05) is 24.3 Å². The molecule has 2 aromatic rings. The third-order valence-electron chi connectivity index (χ3n) is 4.31. The van der Waals surface area contributed by atoms with Crippen molar-refractivity contribution in [3.8, 4) is 0 Å². The number of benzene rings is 1.